The van der Waals surface area contributed by atoms with Crippen molar-refractivity contribution in [3.05, 3.63) is 59.2 Å². The highest BCUT2D eigenvalue weighted by Crippen LogP contribution is 2.47. The molecule has 1 aliphatic carbocycles. The summed E-state index contributed by atoms with van der Waals surface area (Å²) in [7, 11) is 0. The quantitative estimate of drug-likeness (QED) is 0.629. The minimum Gasteiger partial charge on any atom is -0.348 e. The number of hydrogen-bond donors (Lipinski definition) is 0. The lowest BCUT2D eigenvalue weighted by Gasteiger charge is -2.29. The lowest BCUT2D eigenvalue weighted by atomic mass is 9.83. The molecule has 2 fully saturated rings. The Morgan fingerprint density at radius 1 is 1.13 bits per heavy atom. The molecule has 0 saturated carbocycles. The average molecular weight is 423 g/mol. The van der Waals surface area contributed by atoms with Crippen molar-refractivity contribution in [2.75, 3.05) is 0 Å². The molecule has 0 bridgehead atoms. The molecule has 162 valence electrons. The lowest BCUT2D eigenvalue weighted by molar-refractivity contribution is -0.198. The average Bonchev–Trinajstić information content (AvgIpc) is 3.38. The molecule has 3 aliphatic rings. The molecule has 0 unspecified atom stereocenters. The summed E-state index contributed by atoms with van der Waals surface area (Å²) >= 11 is 0. The smallest absolute Gasteiger partial charge is 0.164 e. The molecule has 4 heterocycles. The van der Waals surface area contributed by atoms with Gasteiger partial charge in [-0.15, -0.1) is 0 Å². The molecule has 5 atom stereocenters. The van der Waals surface area contributed by atoms with Crippen LogP contribution in [0, 0.1) is 0 Å². The van der Waals surface area contributed by atoms with E-state index in [-0.39, 0.29) is 24.2 Å². The molecule has 0 spiro atoms. The fourth-order valence-corrected chi connectivity index (χ4v) is 5.26. The van der Waals surface area contributed by atoms with Crippen molar-refractivity contribution in [2.45, 2.75) is 76.5 Å². The first kappa shape index (κ1) is 19.3. The highest BCUT2D eigenvalue weighted by Gasteiger charge is 2.57. The predicted molar refractivity (Wildman–Crippen MR) is 112 cm³/mol. The Hall–Kier alpha value is -2.35. The van der Waals surface area contributed by atoms with Gasteiger partial charge in [0.25, 0.3) is 0 Å². The Labute approximate surface area is 180 Å². The zero-order valence-corrected chi connectivity index (χ0v) is 17.9. The number of hydrogen-bond acceptors (Lipinski definition) is 5. The number of aryl methyl sites for hydroxylation is 2. The van der Waals surface area contributed by atoms with Crippen LogP contribution in [0.5, 0.6) is 0 Å². The Morgan fingerprint density at radius 2 is 1.94 bits per heavy atom. The number of rotatable bonds is 4. The molecule has 3 aromatic rings. The topological polar surface area (TPSA) is 58.4 Å². The maximum absolute atomic E-state index is 13.4. The SMILES string of the molecule is C[C@H](c1ccc2c(c1)CC2)[C@H]1O[C@@H](n2ccc3c(CF)ncnc32)[C@@H]2OC(C)(C)O[C@@H]21. The van der Waals surface area contributed by atoms with Gasteiger partial charge in [-0.2, -0.15) is 0 Å². The zero-order valence-electron chi connectivity index (χ0n) is 17.9. The number of halogens is 1. The molecular weight excluding hydrogens is 397 g/mol. The van der Waals surface area contributed by atoms with Crippen molar-refractivity contribution in [1.82, 2.24) is 14.5 Å². The van der Waals surface area contributed by atoms with Crippen molar-refractivity contribution < 1.29 is 18.6 Å². The van der Waals surface area contributed by atoms with Crippen LogP contribution in [0.2, 0.25) is 0 Å². The van der Waals surface area contributed by atoms with E-state index in [0.717, 1.165) is 6.42 Å². The Morgan fingerprint density at radius 3 is 2.68 bits per heavy atom. The van der Waals surface area contributed by atoms with Gasteiger partial charge in [-0.1, -0.05) is 25.1 Å². The van der Waals surface area contributed by atoms with Crippen molar-refractivity contribution >= 4 is 11.0 Å². The summed E-state index contributed by atoms with van der Waals surface area (Å²) in [5.41, 5.74) is 5.17. The van der Waals surface area contributed by atoms with Gasteiger partial charge in [0.15, 0.2) is 12.0 Å². The second-order valence-corrected chi connectivity index (χ2v) is 9.29. The first-order valence-corrected chi connectivity index (χ1v) is 10.9. The predicted octanol–water partition coefficient (Wildman–Crippen LogP) is 4.22. The summed E-state index contributed by atoms with van der Waals surface area (Å²) in [6, 6.07) is 8.60. The lowest BCUT2D eigenvalue weighted by Crippen LogP contribution is -2.33. The van der Waals surface area contributed by atoms with Crippen LogP contribution in [0.4, 0.5) is 4.39 Å². The first-order chi connectivity index (χ1) is 14.9. The molecule has 0 amide bonds. The number of fused-ring (bicyclic) bond motifs is 3. The van der Waals surface area contributed by atoms with E-state index in [2.05, 4.69) is 35.1 Å². The van der Waals surface area contributed by atoms with Crippen LogP contribution < -0.4 is 0 Å². The summed E-state index contributed by atoms with van der Waals surface area (Å²) in [5.74, 6) is -0.559. The van der Waals surface area contributed by atoms with Crippen molar-refractivity contribution in [3.8, 4) is 0 Å². The largest absolute Gasteiger partial charge is 0.348 e. The minimum atomic E-state index is -0.697. The highest BCUT2D eigenvalue weighted by atomic mass is 19.1. The second-order valence-electron chi connectivity index (χ2n) is 9.29. The summed E-state index contributed by atoms with van der Waals surface area (Å²) < 4.78 is 34.6. The highest BCUT2D eigenvalue weighted by molar-refractivity contribution is 5.78. The maximum atomic E-state index is 13.4. The number of aromatic nitrogens is 3. The Bertz CT molecular complexity index is 1160. The van der Waals surface area contributed by atoms with Crippen LogP contribution >= 0.6 is 0 Å². The summed E-state index contributed by atoms with van der Waals surface area (Å²) in [6.07, 6.45) is 4.53. The summed E-state index contributed by atoms with van der Waals surface area (Å²) in [6.45, 7) is 5.43. The fourth-order valence-electron chi connectivity index (χ4n) is 5.26. The zero-order chi connectivity index (χ0) is 21.3. The number of benzene rings is 1. The number of alkyl halides is 1. The monoisotopic (exact) mass is 423 g/mol. The molecule has 1 aromatic carbocycles. The minimum absolute atomic E-state index is 0.138. The Kier molecular flexibility index (Phi) is 4.26. The third-order valence-electron chi connectivity index (χ3n) is 6.97. The molecule has 6 nitrogen and oxygen atoms in total. The van der Waals surface area contributed by atoms with E-state index in [0.29, 0.717) is 16.7 Å². The van der Waals surface area contributed by atoms with Gasteiger partial charge in [-0.3, -0.25) is 0 Å². The number of ether oxygens (including phenoxy) is 3. The van der Waals surface area contributed by atoms with Gasteiger partial charge in [-0.25, -0.2) is 14.4 Å². The van der Waals surface area contributed by atoms with Crippen LogP contribution in [0.1, 0.15) is 55.3 Å². The molecule has 6 rings (SSSR count). The molecule has 0 N–H and O–H groups in total. The van der Waals surface area contributed by atoms with Gasteiger partial charge in [0.05, 0.1) is 11.8 Å². The van der Waals surface area contributed by atoms with Crippen molar-refractivity contribution in [3.63, 3.8) is 0 Å². The molecule has 2 aliphatic heterocycles. The maximum Gasteiger partial charge on any atom is 0.164 e. The van der Waals surface area contributed by atoms with E-state index in [9.17, 15) is 4.39 Å². The second kappa shape index (κ2) is 6.82. The van der Waals surface area contributed by atoms with Gasteiger partial charge < -0.3 is 18.8 Å². The van der Waals surface area contributed by atoms with E-state index >= 15 is 0 Å². The normalized spacial score (nSPS) is 29.5. The van der Waals surface area contributed by atoms with Crippen LogP contribution in [0.3, 0.4) is 0 Å². The van der Waals surface area contributed by atoms with E-state index in [1.807, 2.05) is 30.7 Å². The molecule has 2 aromatic heterocycles. The molecular formula is C24H26FN3O3. The van der Waals surface area contributed by atoms with Crippen molar-refractivity contribution in [2.24, 2.45) is 0 Å². The fraction of sp³-hybridized carbons (Fsp3) is 0.500. The first-order valence-electron chi connectivity index (χ1n) is 10.9. The Balaban J connectivity index is 1.38. The van der Waals surface area contributed by atoms with Crippen LogP contribution in [0.15, 0.2) is 36.8 Å². The van der Waals surface area contributed by atoms with Gasteiger partial charge in [-0.05, 0) is 49.4 Å². The van der Waals surface area contributed by atoms with Crippen LogP contribution in [0.25, 0.3) is 11.0 Å². The molecule has 0 radical (unpaired) electrons. The van der Waals surface area contributed by atoms with E-state index in [1.54, 1.807) is 0 Å². The molecule has 2 saturated heterocycles. The standard InChI is InChI=1S/C24H26FN3O3/c1-13(15-6-4-14-5-7-16(14)10-15)19-20-21(31-24(2,3)30-20)23(29-19)28-9-8-17-18(11-25)26-12-27-22(17)28/h4,6,8-10,12-13,19-21,23H,5,7,11H2,1-3H3/t13-,19-,20-,21-,23-/m1/s1. The number of nitrogens with zero attached hydrogens (tertiary/aromatic N) is 3. The van der Waals surface area contributed by atoms with E-state index < -0.39 is 18.7 Å². The third-order valence-corrected chi connectivity index (χ3v) is 6.97. The molecule has 31 heavy (non-hydrogen) atoms. The van der Waals surface area contributed by atoms with Gasteiger partial charge in [0, 0.05) is 17.5 Å². The van der Waals surface area contributed by atoms with Gasteiger partial charge >= 0.3 is 0 Å². The summed E-state index contributed by atoms with van der Waals surface area (Å²) in [4.78, 5) is 8.47. The molecule has 7 heteroatoms. The van der Waals surface area contributed by atoms with E-state index in [1.165, 1.54) is 29.4 Å². The van der Waals surface area contributed by atoms with Crippen molar-refractivity contribution in [1.29, 1.82) is 0 Å². The summed E-state index contributed by atoms with van der Waals surface area (Å²) in [5, 5.41) is 0.696. The van der Waals surface area contributed by atoms with Crippen LogP contribution in [-0.4, -0.2) is 38.6 Å². The van der Waals surface area contributed by atoms with E-state index in [4.69, 9.17) is 14.2 Å². The van der Waals surface area contributed by atoms with Gasteiger partial charge in [0.1, 0.15) is 30.9 Å². The van der Waals surface area contributed by atoms with Crippen LogP contribution in [-0.2, 0) is 33.7 Å². The van der Waals surface area contributed by atoms with Gasteiger partial charge in [0.2, 0.25) is 0 Å². The third kappa shape index (κ3) is 2.94.